The third-order valence-corrected chi connectivity index (χ3v) is 2.64. The zero-order chi connectivity index (χ0) is 10.5. The van der Waals surface area contributed by atoms with E-state index in [9.17, 15) is 0 Å². The van der Waals surface area contributed by atoms with E-state index in [0.29, 0.717) is 22.1 Å². The van der Waals surface area contributed by atoms with Gasteiger partial charge in [-0.3, -0.25) is 0 Å². The minimum Gasteiger partial charge on any atom is -0.243 e. The van der Waals surface area contributed by atoms with Gasteiger partial charge in [0.2, 0.25) is 0 Å². The summed E-state index contributed by atoms with van der Waals surface area (Å²) in [5, 5.41) is 17.3. The van der Waals surface area contributed by atoms with Gasteiger partial charge in [-0.05, 0) is 20.6 Å². The number of hydrogen-bond donors (Lipinski definition) is 0. The van der Waals surface area contributed by atoms with Crippen molar-refractivity contribution < 1.29 is 9.26 Å². The fourth-order valence-corrected chi connectivity index (χ4v) is 1.94. The van der Waals surface area contributed by atoms with Crippen LogP contribution in [0.5, 0.6) is 0 Å². The van der Waals surface area contributed by atoms with Gasteiger partial charge in [-0.2, -0.15) is 0 Å². The molecule has 0 amide bonds. The zero-order valence-electron chi connectivity index (χ0n) is 7.91. The first-order chi connectivity index (χ1) is 7.95. The van der Waals surface area contributed by atoms with Crippen LogP contribution in [0.15, 0.2) is 33.5 Å². The van der Waals surface area contributed by atoms with Gasteiger partial charge < -0.3 is 0 Å². The Hall–Kier alpha value is -2.50. The Bertz CT molecular complexity index is 748. The van der Waals surface area contributed by atoms with Crippen molar-refractivity contribution in [3.8, 4) is 0 Å². The SMILES string of the molecule is c1ccc2c(c1)c1nonc1c1nonc21. The normalized spacial score (nSPS) is 11.8. The Morgan fingerprint density at radius 2 is 1.06 bits per heavy atom. The number of fused-ring (bicyclic) bond motifs is 6. The summed E-state index contributed by atoms with van der Waals surface area (Å²) in [7, 11) is 0. The molecule has 0 spiro atoms. The Labute approximate surface area is 87.7 Å². The molecule has 0 radical (unpaired) electrons. The highest BCUT2D eigenvalue weighted by Gasteiger charge is 2.16. The van der Waals surface area contributed by atoms with E-state index in [-0.39, 0.29) is 0 Å². The molecule has 6 nitrogen and oxygen atoms in total. The van der Waals surface area contributed by atoms with Crippen LogP contribution in [0, 0.1) is 0 Å². The maximum Gasteiger partial charge on any atom is 0.167 e. The number of rotatable bonds is 0. The van der Waals surface area contributed by atoms with E-state index in [4.69, 9.17) is 9.26 Å². The summed E-state index contributed by atoms with van der Waals surface area (Å²) >= 11 is 0. The molecular formula is C10H4N4O2. The molecule has 0 atom stereocenters. The summed E-state index contributed by atoms with van der Waals surface area (Å²) in [6.07, 6.45) is 0. The van der Waals surface area contributed by atoms with Gasteiger partial charge in [0.1, 0.15) is 11.0 Å². The zero-order valence-corrected chi connectivity index (χ0v) is 7.91. The molecule has 0 unspecified atom stereocenters. The van der Waals surface area contributed by atoms with Crippen molar-refractivity contribution in [1.29, 1.82) is 0 Å². The van der Waals surface area contributed by atoms with E-state index < -0.39 is 0 Å². The van der Waals surface area contributed by atoms with Gasteiger partial charge in [0.25, 0.3) is 0 Å². The van der Waals surface area contributed by atoms with E-state index in [2.05, 4.69) is 20.6 Å². The largest absolute Gasteiger partial charge is 0.243 e. The van der Waals surface area contributed by atoms with Crippen molar-refractivity contribution in [2.24, 2.45) is 0 Å². The predicted molar refractivity (Wildman–Crippen MR) is 54.7 cm³/mol. The molecule has 4 aromatic rings. The van der Waals surface area contributed by atoms with Gasteiger partial charge in [-0.15, -0.1) is 0 Å². The summed E-state index contributed by atoms with van der Waals surface area (Å²) < 4.78 is 9.48. The fraction of sp³-hybridized carbons (Fsp3) is 0. The Balaban J connectivity index is 2.51. The van der Waals surface area contributed by atoms with Crippen molar-refractivity contribution in [1.82, 2.24) is 20.6 Å². The highest BCUT2D eigenvalue weighted by Crippen LogP contribution is 2.30. The number of nitrogens with zero attached hydrogens (tertiary/aromatic N) is 4. The molecule has 0 aliphatic rings. The summed E-state index contributed by atoms with van der Waals surface area (Å²) in [6, 6.07) is 7.73. The molecule has 6 heteroatoms. The smallest absolute Gasteiger partial charge is 0.167 e. The molecule has 16 heavy (non-hydrogen) atoms. The van der Waals surface area contributed by atoms with Crippen molar-refractivity contribution in [2.75, 3.05) is 0 Å². The van der Waals surface area contributed by atoms with Crippen LogP contribution < -0.4 is 0 Å². The van der Waals surface area contributed by atoms with E-state index in [1.54, 1.807) is 0 Å². The van der Waals surface area contributed by atoms with Gasteiger partial charge in [0.05, 0.1) is 0 Å². The van der Waals surface area contributed by atoms with Crippen LogP contribution in [-0.2, 0) is 0 Å². The van der Waals surface area contributed by atoms with Crippen LogP contribution in [0.3, 0.4) is 0 Å². The second-order valence-corrected chi connectivity index (χ2v) is 3.47. The van der Waals surface area contributed by atoms with Crippen molar-refractivity contribution in [3.63, 3.8) is 0 Å². The summed E-state index contributed by atoms with van der Waals surface area (Å²) in [6.45, 7) is 0. The lowest BCUT2D eigenvalue weighted by Gasteiger charge is -1.95. The van der Waals surface area contributed by atoms with Crippen LogP contribution in [0.2, 0.25) is 0 Å². The lowest BCUT2D eigenvalue weighted by Crippen LogP contribution is -1.80. The van der Waals surface area contributed by atoms with Gasteiger partial charge in [0, 0.05) is 10.8 Å². The predicted octanol–water partition coefficient (Wildman–Crippen LogP) is 1.91. The quantitative estimate of drug-likeness (QED) is 0.443. The second-order valence-electron chi connectivity index (χ2n) is 3.47. The molecule has 0 aliphatic heterocycles. The highest BCUT2D eigenvalue weighted by molar-refractivity contribution is 6.20. The third-order valence-electron chi connectivity index (χ3n) is 2.64. The monoisotopic (exact) mass is 212 g/mol. The minimum atomic E-state index is 0.579. The number of aromatic nitrogens is 4. The first-order valence-electron chi connectivity index (χ1n) is 4.70. The van der Waals surface area contributed by atoms with Gasteiger partial charge >= 0.3 is 0 Å². The van der Waals surface area contributed by atoms with Crippen LogP contribution in [0.1, 0.15) is 0 Å². The third kappa shape index (κ3) is 0.773. The first-order valence-corrected chi connectivity index (χ1v) is 4.70. The van der Waals surface area contributed by atoms with Crippen LogP contribution >= 0.6 is 0 Å². The molecule has 2 aromatic carbocycles. The van der Waals surface area contributed by atoms with Crippen LogP contribution in [0.4, 0.5) is 0 Å². The number of benzene rings is 2. The highest BCUT2D eigenvalue weighted by atomic mass is 16.6. The Kier molecular flexibility index (Phi) is 1.23. The molecule has 0 saturated carbocycles. The Morgan fingerprint density at radius 3 is 1.56 bits per heavy atom. The molecule has 0 N–H and O–H groups in total. The summed E-state index contributed by atoms with van der Waals surface area (Å²) in [5.74, 6) is 0. The maximum atomic E-state index is 4.74. The van der Waals surface area contributed by atoms with Crippen molar-refractivity contribution >= 4 is 32.8 Å². The topological polar surface area (TPSA) is 77.8 Å². The molecule has 0 saturated heterocycles. The molecular weight excluding hydrogens is 208 g/mol. The standard InChI is InChI=1S/C10H4N4O2/c1-2-4-6-5(3-1)7-9(13-15-11-7)10-8(6)12-16-14-10/h1-4H. The van der Waals surface area contributed by atoms with Gasteiger partial charge in [-0.25, -0.2) is 9.26 Å². The van der Waals surface area contributed by atoms with Crippen LogP contribution in [-0.4, -0.2) is 20.6 Å². The average Bonchev–Trinajstić information content (AvgIpc) is 2.98. The van der Waals surface area contributed by atoms with Gasteiger partial charge in [0.15, 0.2) is 11.0 Å². The van der Waals surface area contributed by atoms with Crippen molar-refractivity contribution in [2.45, 2.75) is 0 Å². The molecule has 0 bridgehead atoms. The average molecular weight is 212 g/mol. The second kappa shape index (κ2) is 2.54. The molecule has 2 heterocycles. The molecule has 4 rings (SSSR count). The molecule has 76 valence electrons. The van der Waals surface area contributed by atoms with Gasteiger partial charge in [-0.1, -0.05) is 24.3 Å². The lowest BCUT2D eigenvalue weighted by atomic mass is 10.1. The van der Waals surface area contributed by atoms with Crippen LogP contribution in [0.25, 0.3) is 32.8 Å². The molecule has 2 aromatic heterocycles. The van der Waals surface area contributed by atoms with E-state index >= 15 is 0 Å². The lowest BCUT2D eigenvalue weighted by molar-refractivity contribution is 0.312. The fourth-order valence-electron chi connectivity index (χ4n) is 1.94. The maximum absolute atomic E-state index is 4.74. The minimum absolute atomic E-state index is 0.579. The van der Waals surface area contributed by atoms with E-state index in [1.807, 2.05) is 24.3 Å². The Morgan fingerprint density at radius 1 is 0.625 bits per heavy atom. The van der Waals surface area contributed by atoms with E-state index in [1.165, 1.54) is 0 Å². The first kappa shape index (κ1) is 7.75. The summed E-state index contributed by atoms with van der Waals surface area (Å²) in [5.41, 5.74) is 2.52. The van der Waals surface area contributed by atoms with Crippen molar-refractivity contribution in [3.05, 3.63) is 24.3 Å². The van der Waals surface area contributed by atoms with E-state index in [0.717, 1.165) is 10.8 Å². The molecule has 0 aliphatic carbocycles. The summed E-state index contributed by atoms with van der Waals surface area (Å²) in [4.78, 5) is 0. The molecule has 0 fully saturated rings. The number of hydrogen-bond acceptors (Lipinski definition) is 6.